The molecule has 1 amide bonds. The van der Waals surface area contributed by atoms with Crippen LogP contribution in [0.2, 0.25) is 5.02 Å². The zero-order valence-corrected chi connectivity index (χ0v) is 12.8. The van der Waals surface area contributed by atoms with Gasteiger partial charge in [0.25, 0.3) is 5.91 Å². The minimum absolute atomic E-state index is 0.000238. The second kappa shape index (κ2) is 7.77. The van der Waals surface area contributed by atoms with Crippen LogP contribution in [-0.4, -0.2) is 31.0 Å². The van der Waals surface area contributed by atoms with Gasteiger partial charge in [-0.25, -0.2) is 0 Å². The molecule has 1 unspecified atom stereocenters. The van der Waals surface area contributed by atoms with Crippen LogP contribution in [0.3, 0.4) is 0 Å². The Bertz CT molecular complexity index is 406. The molecular weight excluding hydrogens is 318 g/mol. The van der Waals surface area contributed by atoms with Gasteiger partial charge >= 0.3 is 0 Å². The summed E-state index contributed by atoms with van der Waals surface area (Å²) in [4.78, 5) is 12.1. The fraction of sp³-hybridized carbons (Fsp3) is 0.462. The summed E-state index contributed by atoms with van der Waals surface area (Å²) in [5.41, 5.74) is 1.41. The second-order valence-corrected chi connectivity index (χ2v) is 5.22. The third-order valence-electron chi connectivity index (χ3n) is 2.67. The number of carbonyl (C=O) groups excluding carboxylic acids is 1. The van der Waals surface area contributed by atoms with E-state index in [9.17, 15) is 4.79 Å². The summed E-state index contributed by atoms with van der Waals surface area (Å²) in [5, 5.41) is 4.37. The Labute approximate surface area is 121 Å². The van der Waals surface area contributed by atoms with E-state index < -0.39 is 0 Å². The highest BCUT2D eigenvalue weighted by Gasteiger charge is 2.15. The molecule has 0 spiro atoms. The van der Waals surface area contributed by atoms with Gasteiger partial charge < -0.3 is 10.1 Å². The molecular formula is C13H17BrClNO2. The maximum atomic E-state index is 12.1. The quantitative estimate of drug-likeness (QED) is 0.812. The smallest absolute Gasteiger partial charge is 0.251 e. The number of carbonyl (C=O) groups is 1. The van der Waals surface area contributed by atoms with Crippen molar-refractivity contribution in [1.29, 1.82) is 0 Å². The lowest BCUT2D eigenvalue weighted by Gasteiger charge is -2.17. The Morgan fingerprint density at radius 1 is 1.56 bits per heavy atom. The average Bonchev–Trinajstić information content (AvgIpc) is 2.33. The number of nitrogens with one attached hydrogen (secondary N) is 1. The Hall–Kier alpha value is -0.580. The summed E-state index contributed by atoms with van der Waals surface area (Å²) in [6.45, 7) is 2.34. The second-order valence-electron chi connectivity index (χ2n) is 4.02. The van der Waals surface area contributed by atoms with Gasteiger partial charge in [0, 0.05) is 23.0 Å². The monoisotopic (exact) mass is 333 g/mol. The highest BCUT2D eigenvalue weighted by molar-refractivity contribution is 9.09. The number of alkyl halides is 1. The SMILES string of the molecule is COCC(CCBr)NC(=O)c1cccc(Cl)c1C. The number of rotatable bonds is 6. The van der Waals surface area contributed by atoms with E-state index in [-0.39, 0.29) is 11.9 Å². The average molecular weight is 335 g/mol. The highest BCUT2D eigenvalue weighted by atomic mass is 79.9. The predicted octanol–water partition coefficient (Wildman–Crippen LogP) is 3.18. The molecule has 0 heterocycles. The van der Waals surface area contributed by atoms with E-state index in [0.717, 1.165) is 17.3 Å². The fourth-order valence-electron chi connectivity index (χ4n) is 1.65. The first-order valence-electron chi connectivity index (χ1n) is 5.71. The van der Waals surface area contributed by atoms with Crippen LogP contribution in [0.5, 0.6) is 0 Å². The Kier molecular flexibility index (Phi) is 6.68. The summed E-state index contributed by atoms with van der Waals surface area (Å²) in [7, 11) is 1.62. The summed E-state index contributed by atoms with van der Waals surface area (Å²) < 4.78 is 5.09. The van der Waals surface area contributed by atoms with Gasteiger partial charge in [0.1, 0.15) is 0 Å². The molecule has 0 aromatic heterocycles. The van der Waals surface area contributed by atoms with Crippen molar-refractivity contribution in [3.05, 3.63) is 34.3 Å². The van der Waals surface area contributed by atoms with Gasteiger partial charge in [-0.3, -0.25) is 4.79 Å². The van der Waals surface area contributed by atoms with Crippen LogP contribution < -0.4 is 5.32 Å². The maximum Gasteiger partial charge on any atom is 0.251 e. The number of halogens is 2. The molecule has 100 valence electrons. The van der Waals surface area contributed by atoms with Crippen LogP contribution in [-0.2, 0) is 4.74 Å². The van der Waals surface area contributed by atoms with Crippen LogP contribution in [0, 0.1) is 6.92 Å². The van der Waals surface area contributed by atoms with Crippen molar-refractivity contribution in [3.63, 3.8) is 0 Å². The van der Waals surface area contributed by atoms with Gasteiger partial charge in [0.15, 0.2) is 0 Å². The van der Waals surface area contributed by atoms with Gasteiger partial charge in [0.2, 0.25) is 0 Å². The van der Waals surface area contributed by atoms with E-state index >= 15 is 0 Å². The molecule has 1 N–H and O–H groups in total. The molecule has 0 aliphatic carbocycles. The number of hydrogen-bond acceptors (Lipinski definition) is 2. The third-order valence-corrected chi connectivity index (χ3v) is 3.54. The van der Waals surface area contributed by atoms with Gasteiger partial charge in [-0.15, -0.1) is 0 Å². The molecule has 0 bridgehead atoms. The maximum absolute atomic E-state index is 12.1. The zero-order chi connectivity index (χ0) is 13.5. The predicted molar refractivity (Wildman–Crippen MR) is 77.7 cm³/mol. The molecule has 5 heteroatoms. The Morgan fingerprint density at radius 2 is 2.28 bits per heavy atom. The molecule has 0 fully saturated rings. The summed E-state index contributed by atoms with van der Waals surface area (Å²) in [6.07, 6.45) is 0.819. The Morgan fingerprint density at radius 3 is 2.89 bits per heavy atom. The molecule has 0 aliphatic rings. The van der Waals surface area contributed by atoms with Crippen LogP contribution in [0.1, 0.15) is 22.3 Å². The minimum Gasteiger partial charge on any atom is -0.383 e. The van der Waals surface area contributed by atoms with E-state index in [2.05, 4.69) is 21.2 Å². The first-order valence-corrected chi connectivity index (χ1v) is 7.21. The van der Waals surface area contributed by atoms with E-state index in [1.165, 1.54) is 0 Å². The van der Waals surface area contributed by atoms with Gasteiger partial charge in [0.05, 0.1) is 12.6 Å². The van der Waals surface area contributed by atoms with Crippen molar-refractivity contribution in [2.24, 2.45) is 0 Å². The van der Waals surface area contributed by atoms with Crippen molar-refractivity contribution >= 4 is 33.4 Å². The zero-order valence-electron chi connectivity index (χ0n) is 10.5. The van der Waals surface area contributed by atoms with Crippen molar-refractivity contribution in [2.75, 3.05) is 19.0 Å². The van der Waals surface area contributed by atoms with Crippen LogP contribution in [0.15, 0.2) is 18.2 Å². The molecule has 18 heavy (non-hydrogen) atoms. The lowest BCUT2D eigenvalue weighted by molar-refractivity contribution is 0.0895. The van der Waals surface area contributed by atoms with Crippen LogP contribution in [0.4, 0.5) is 0 Å². The van der Waals surface area contributed by atoms with Crippen molar-refractivity contribution in [3.8, 4) is 0 Å². The minimum atomic E-state index is -0.113. The molecule has 0 saturated carbocycles. The van der Waals surface area contributed by atoms with Crippen LogP contribution >= 0.6 is 27.5 Å². The summed E-state index contributed by atoms with van der Waals surface area (Å²) >= 11 is 9.37. The molecule has 3 nitrogen and oxygen atoms in total. The number of amides is 1. The number of ether oxygens (including phenoxy) is 1. The van der Waals surface area contributed by atoms with E-state index in [1.54, 1.807) is 25.3 Å². The lowest BCUT2D eigenvalue weighted by atomic mass is 10.1. The molecule has 1 aromatic rings. The standard InChI is InChI=1S/C13H17BrClNO2/c1-9-11(4-3-5-12(9)15)13(17)16-10(6-7-14)8-18-2/h3-5,10H,6-8H2,1-2H3,(H,16,17). The number of benzene rings is 1. The van der Waals surface area contributed by atoms with Gasteiger partial charge in [-0.1, -0.05) is 33.6 Å². The van der Waals surface area contributed by atoms with Crippen molar-refractivity contribution < 1.29 is 9.53 Å². The highest BCUT2D eigenvalue weighted by Crippen LogP contribution is 2.18. The normalized spacial score (nSPS) is 12.2. The van der Waals surface area contributed by atoms with Gasteiger partial charge in [-0.05, 0) is 31.0 Å². The van der Waals surface area contributed by atoms with Crippen molar-refractivity contribution in [1.82, 2.24) is 5.32 Å². The molecule has 0 saturated heterocycles. The fourth-order valence-corrected chi connectivity index (χ4v) is 2.37. The Balaban J connectivity index is 2.77. The van der Waals surface area contributed by atoms with E-state index in [1.807, 2.05) is 6.92 Å². The molecule has 0 radical (unpaired) electrons. The topological polar surface area (TPSA) is 38.3 Å². The van der Waals surface area contributed by atoms with Crippen molar-refractivity contribution in [2.45, 2.75) is 19.4 Å². The first-order chi connectivity index (χ1) is 8.60. The lowest BCUT2D eigenvalue weighted by Crippen LogP contribution is -2.38. The molecule has 1 atom stereocenters. The third kappa shape index (κ3) is 4.26. The largest absolute Gasteiger partial charge is 0.383 e. The summed E-state index contributed by atoms with van der Waals surface area (Å²) in [5.74, 6) is -0.113. The summed E-state index contributed by atoms with van der Waals surface area (Å²) in [6, 6.07) is 5.33. The van der Waals surface area contributed by atoms with E-state index in [4.69, 9.17) is 16.3 Å². The van der Waals surface area contributed by atoms with Crippen LogP contribution in [0.25, 0.3) is 0 Å². The molecule has 0 aliphatic heterocycles. The first kappa shape index (κ1) is 15.5. The van der Waals surface area contributed by atoms with E-state index in [0.29, 0.717) is 17.2 Å². The molecule has 1 rings (SSSR count). The number of methoxy groups -OCH3 is 1. The van der Waals surface area contributed by atoms with Gasteiger partial charge in [-0.2, -0.15) is 0 Å². The molecule has 1 aromatic carbocycles. The number of hydrogen-bond donors (Lipinski definition) is 1.